The van der Waals surface area contributed by atoms with Gasteiger partial charge in [-0.2, -0.15) is 0 Å². The van der Waals surface area contributed by atoms with Crippen LogP contribution in [0.2, 0.25) is 0 Å². The number of aryl methyl sites for hydroxylation is 1. The molecule has 3 heterocycles. The molecule has 1 saturated heterocycles. The number of aromatic amines is 1. The van der Waals surface area contributed by atoms with Crippen LogP contribution < -0.4 is 10.1 Å². The van der Waals surface area contributed by atoms with Gasteiger partial charge in [-0.25, -0.2) is 14.4 Å². The first-order valence-electron chi connectivity index (χ1n) is 11.6. The molecule has 0 bridgehead atoms. The Bertz CT molecular complexity index is 1270. The number of carbonyl (C=O) groups excluding carboxylic acids is 2. The van der Waals surface area contributed by atoms with Crippen LogP contribution in [0.1, 0.15) is 42.7 Å². The van der Waals surface area contributed by atoms with E-state index in [2.05, 4.69) is 20.3 Å². The highest BCUT2D eigenvalue weighted by atomic mass is 19.1. The maximum atomic E-state index is 14.2. The summed E-state index contributed by atoms with van der Waals surface area (Å²) >= 11 is 0. The third-order valence-corrected chi connectivity index (χ3v) is 6.74. The van der Waals surface area contributed by atoms with Gasteiger partial charge in [0.2, 0.25) is 5.91 Å². The molecule has 1 saturated carbocycles. The number of halogens is 1. The first-order chi connectivity index (χ1) is 16.3. The van der Waals surface area contributed by atoms with Crippen LogP contribution in [0, 0.1) is 24.6 Å². The van der Waals surface area contributed by atoms with E-state index in [9.17, 15) is 14.0 Å². The fraction of sp³-hybridized carbons (Fsp3) is 0.440. The quantitative estimate of drug-likeness (QED) is 0.581. The normalized spacial score (nSPS) is 20.1. The lowest BCUT2D eigenvalue weighted by Gasteiger charge is -2.16. The predicted molar refractivity (Wildman–Crippen MR) is 125 cm³/mol. The molecular formula is C25H28FN5O3. The molecule has 2 aliphatic rings. The fourth-order valence-electron chi connectivity index (χ4n) is 4.56. The molecule has 2 atom stereocenters. The summed E-state index contributed by atoms with van der Waals surface area (Å²) < 4.78 is 20.2. The Morgan fingerprint density at radius 2 is 2.06 bits per heavy atom. The van der Waals surface area contributed by atoms with Crippen molar-refractivity contribution >= 4 is 22.8 Å². The standard InChI is InChI=1S/C25H28FN5O3/c1-13-9-31(15(3)32)10-19(13)30-25(33)21-14(2)29-24-22(27-12-28-23(21)24)18-8-17(26)6-7-20(18)34-11-16-4-5-16/h6-8,12-13,16,19,29H,4-5,9-11H2,1-3H3,(H,30,33)/t13-,19-/m1/s1. The number of likely N-dealkylation sites (tertiary alicyclic amines) is 1. The first kappa shape index (κ1) is 22.3. The molecule has 178 valence electrons. The van der Waals surface area contributed by atoms with Crippen LogP contribution in [0.3, 0.4) is 0 Å². The van der Waals surface area contributed by atoms with E-state index in [0.29, 0.717) is 64.9 Å². The Morgan fingerprint density at radius 1 is 1.26 bits per heavy atom. The topological polar surface area (TPSA) is 100 Å². The minimum Gasteiger partial charge on any atom is -0.493 e. The Morgan fingerprint density at radius 3 is 2.76 bits per heavy atom. The number of amides is 2. The van der Waals surface area contributed by atoms with Crippen molar-refractivity contribution in [1.29, 1.82) is 0 Å². The van der Waals surface area contributed by atoms with Crippen molar-refractivity contribution in [2.24, 2.45) is 11.8 Å². The molecule has 0 spiro atoms. The van der Waals surface area contributed by atoms with Gasteiger partial charge in [-0.1, -0.05) is 6.92 Å². The van der Waals surface area contributed by atoms with E-state index in [4.69, 9.17) is 4.74 Å². The van der Waals surface area contributed by atoms with Gasteiger partial charge in [0.15, 0.2) is 0 Å². The minimum absolute atomic E-state index is 0.000872. The second kappa shape index (κ2) is 8.70. The minimum atomic E-state index is -0.396. The largest absolute Gasteiger partial charge is 0.493 e. The number of aromatic nitrogens is 3. The third kappa shape index (κ3) is 4.22. The Hall–Kier alpha value is -3.49. The summed E-state index contributed by atoms with van der Waals surface area (Å²) in [5.41, 5.74) is 3.07. The summed E-state index contributed by atoms with van der Waals surface area (Å²) in [5, 5.41) is 3.07. The van der Waals surface area contributed by atoms with Gasteiger partial charge in [-0.15, -0.1) is 0 Å². The summed E-state index contributed by atoms with van der Waals surface area (Å²) in [5.74, 6) is 0.576. The second-order valence-corrected chi connectivity index (χ2v) is 9.45. The van der Waals surface area contributed by atoms with Gasteiger partial charge < -0.3 is 19.9 Å². The van der Waals surface area contributed by atoms with Crippen molar-refractivity contribution in [3.63, 3.8) is 0 Å². The number of carbonyl (C=O) groups is 2. The zero-order chi connectivity index (χ0) is 24.0. The zero-order valence-corrected chi connectivity index (χ0v) is 19.5. The van der Waals surface area contributed by atoms with E-state index in [-0.39, 0.29) is 23.8 Å². The molecule has 0 radical (unpaired) electrons. The monoisotopic (exact) mass is 465 g/mol. The highest BCUT2D eigenvalue weighted by molar-refractivity contribution is 6.09. The van der Waals surface area contributed by atoms with E-state index in [1.54, 1.807) is 17.9 Å². The Kier molecular flexibility index (Phi) is 5.71. The van der Waals surface area contributed by atoms with Crippen LogP contribution in [-0.4, -0.2) is 57.4 Å². The molecule has 2 aromatic heterocycles. The van der Waals surface area contributed by atoms with Gasteiger partial charge >= 0.3 is 0 Å². The van der Waals surface area contributed by atoms with Crippen LogP contribution in [0.5, 0.6) is 5.75 Å². The van der Waals surface area contributed by atoms with Gasteiger partial charge in [0.05, 0.1) is 23.7 Å². The van der Waals surface area contributed by atoms with Crippen molar-refractivity contribution in [3.8, 4) is 17.0 Å². The average molecular weight is 466 g/mol. The highest BCUT2D eigenvalue weighted by Gasteiger charge is 2.33. The lowest BCUT2D eigenvalue weighted by atomic mass is 10.1. The number of rotatable bonds is 6. The molecule has 5 rings (SSSR count). The predicted octanol–water partition coefficient (Wildman–Crippen LogP) is 3.46. The molecule has 1 aliphatic carbocycles. The smallest absolute Gasteiger partial charge is 0.255 e. The van der Waals surface area contributed by atoms with Crippen LogP contribution in [0.4, 0.5) is 4.39 Å². The number of nitrogens with one attached hydrogen (secondary N) is 2. The van der Waals surface area contributed by atoms with Crippen LogP contribution in [0.25, 0.3) is 22.3 Å². The van der Waals surface area contributed by atoms with E-state index < -0.39 is 5.82 Å². The van der Waals surface area contributed by atoms with Crippen LogP contribution in [-0.2, 0) is 4.79 Å². The molecule has 8 nitrogen and oxygen atoms in total. The lowest BCUT2D eigenvalue weighted by Crippen LogP contribution is -2.40. The van der Waals surface area contributed by atoms with Crippen LogP contribution >= 0.6 is 0 Å². The van der Waals surface area contributed by atoms with E-state index in [1.165, 1.54) is 25.4 Å². The molecule has 2 amide bonds. The zero-order valence-electron chi connectivity index (χ0n) is 19.5. The second-order valence-electron chi connectivity index (χ2n) is 9.45. The maximum absolute atomic E-state index is 14.2. The number of hydrogen-bond acceptors (Lipinski definition) is 5. The number of H-pyrrole nitrogens is 1. The van der Waals surface area contributed by atoms with E-state index in [0.717, 1.165) is 12.8 Å². The van der Waals surface area contributed by atoms with Crippen molar-refractivity contribution in [2.75, 3.05) is 19.7 Å². The fourth-order valence-corrected chi connectivity index (χ4v) is 4.56. The first-order valence-corrected chi connectivity index (χ1v) is 11.6. The molecule has 2 fully saturated rings. The van der Waals surface area contributed by atoms with Gasteiger partial charge in [0, 0.05) is 31.3 Å². The van der Waals surface area contributed by atoms with Crippen molar-refractivity contribution in [1.82, 2.24) is 25.2 Å². The Balaban J connectivity index is 1.48. The third-order valence-electron chi connectivity index (χ3n) is 6.74. The SMILES string of the molecule is CC(=O)N1C[C@@H](C)[C@H](NC(=O)c2c(C)[nH]c3c(-c4cc(F)ccc4OCC4CC4)ncnc23)C1. The number of benzene rings is 1. The molecule has 34 heavy (non-hydrogen) atoms. The maximum Gasteiger partial charge on any atom is 0.255 e. The number of nitrogens with zero attached hydrogens (tertiary/aromatic N) is 3. The van der Waals surface area contributed by atoms with Gasteiger partial charge in [-0.3, -0.25) is 9.59 Å². The van der Waals surface area contributed by atoms with Gasteiger partial charge in [0.1, 0.15) is 29.1 Å². The highest BCUT2D eigenvalue weighted by Crippen LogP contribution is 2.36. The van der Waals surface area contributed by atoms with Gasteiger partial charge in [0.25, 0.3) is 5.91 Å². The summed E-state index contributed by atoms with van der Waals surface area (Å²) in [4.78, 5) is 38.8. The molecule has 9 heteroatoms. The Labute approximate surface area is 196 Å². The van der Waals surface area contributed by atoms with E-state index >= 15 is 0 Å². The molecule has 2 N–H and O–H groups in total. The lowest BCUT2D eigenvalue weighted by molar-refractivity contribution is -0.127. The molecular weight excluding hydrogens is 437 g/mol. The number of hydrogen-bond donors (Lipinski definition) is 2. The number of ether oxygens (including phenoxy) is 1. The van der Waals surface area contributed by atoms with E-state index in [1.807, 2.05) is 6.92 Å². The summed E-state index contributed by atoms with van der Waals surface area (Å²) in [7, 11) is 0. The van der Waals surface area contributed by atoms with Crippen molar-refractivity contribution < 1.29 is 18.7 Å². The summed E-state index contributed by atoms with van der Waals surface area (Å²) in [6, 6.07) is 4.24. The summed E-state index contributed by atoms with van der Waals surface area (Å²) in [6.07, 6.45) is 3.67. The molecule has 0 unspecified atom stereocenters. The molecule has 1 aliphatic heterocycles. The summed E-state index contributed by atoms with van der Waals surface area (Å²) in [6.45, 7) is 7.03. The van der Waals surface area contributed by atoms with Crippen LogP contribution in [0.15, 0.2) is 24.5 Å². The van der Waals surface area contributed by atoms with Crippen molar-refractivity contribution in [2.45, 2.75) is 39.7 Å². The van der Waals surface area contributed by atoms with Gasteiger partial charge in [-0.05, 0) is 49.8 Å². The van der Waals surface area contributed by atoms with Crippen molar-refractivity contribution in [3.05, 3.63) is 41.6 Å². The average Bonchev–Trinajstić information content (AvgIpc) is 3.46. The number of fused-ring (bicyclic) bond motifs is 1. The molecule has 3 aromatic rings. The molecule has 1 aromatic carbocycles.